The zero-order valence-electron chi connectivity index (χ0n) is 32.2. The Balaban J connectivity index is 2.10. The van der Waals surface area contributed by atoms with Gasteiger partial charge in [0.15, 0.2) is 0 Å². The first kappa shape index (κ1) is 44.0. The van der Waals surface area contributed by atoms with E-state index in [-0.39, 0.29) is 50.4 Å². The van der Waals surface area contributed by atoms with E-state index in [0.29, 0.717) is 24.0 Å². The van der Waals surface area contributed by atoms with Crippen molar-refractivity contribution in [2.75, 3.05) is 20.2 Å². The van der Waals surface area contributed by atoms with Crippen molar-refractivity contribution in [3.63, 3.8) is 0 Å². The van der Waals surface area contributed by atoms with Gasteiger partial charge >= 0.3 is 5.97 Å². The maximum Gasteiger partial charge on any atom is 0.325 e. The number of amides is 3. The smallest absolute Gasteiger partial charge is 0.325 e. The van der Waals surface area contributed by atoms with Gasteiger partial charge in [0.25, 0.3) is 5.91 Å². The molecule has 2 aliphatic rings. The normalized spacial score (nSPS) is 30.0. The molecule has 1 saturated heterocycles. The summed E-state index contributed by atoms with van der Waals surface area (Å²) < 4.78 is 5.96. The highest BCUT2D eigenvalue weighted by molar-refractivity contribution is 5.93. The largest absolute Gasteiger partial charge is 0.508 e. The Hall–Kier alpha value is -4.37. The number of rotatable bonds is 8. The maximum absolute atomic E-state index is 14.4. The minimum Gasteiger partial charge on any atom is -0.508 e. The third-order valence-electron chi connectivity index (χ3n) is 10.1. The lowest BCUT2D eigenvalue weighted by Crippen LogP contribution is -2.62. The number of carbonyl (C=O) groups is 5. The third kappa shape index (κ3) is 12.3. The van der Waals surface area contributed by atoms with Gasteiger partial charge < -0.3 is 40.6 Å². The van der Waals surface area contributed by atoms with Crippen molar-refractivity contribution in [3.8, 4) is 5.75 Å². The van der Waals surface area contributed by atoms with Crippen LogP contribution in [0.1, 0.15) is 72.3 Å². The number of fused-ring (bicyclic) bond motifs is 2. The highest BCUT2D eigenvalue weighted by atomic mass is 16.5. The summed E-state index contributed by atoms with van der Waals surface area (Å²) in [7, 11) is 1.60. The zero-order chi connectivity index (χ0) is 40.1. The molecular formula is C40H58N4O10. The number of nitrogens with one attached hydrogen (secondary N) is 2. The molecule has 2 bridgehead atoms. The molecule has 0 radical (unpaired) electrons. The number of aliphatic hydroxyl groups excluding tert-OH is 3. The predicted molar refractivity (Wildman–Crippen MR) is 201 cm³/mol. The lowest BCUT2D eigenvalue weighted by Gasteiger charge is -2.42. The number of cyclic esters (lactones) is 1. The standard InChI is InChI=1S/C40H58N4O10/c1-24(2)35-38(51)41-31(23-28-12-10-13-29(47)22-28)39(52)44-20-11-14-32(43(44)6)40(53)54-34(25(3)19-21-45)16-9-7-8-15-33(48)27(5)36(49)30(37(50)42-35)18-17-26(4)46/h7-10,12-13,15,19,22,24,27,30-36,45,47-49H,11,14,16-18,20-21,23H2,1-6H3,(H,41,51)(H,42,50)/b9-7+,15-8+,25-19+/t27-,30+,31-,32-,33?,34?,35-,36+/m0/s1. The third-order valence-corrected chi connectivity index (χ3v) is 10.1. The molecule has 14 heteroatoms. The Kier molecular flexibility index (Phi) is 17.1. The van der Waals surface area contributed by atoms with Crippen molar-refractivity contribution >= 4 is 29.5 Å². The second kappa shape index (κ2) is 20.9. The molecule has 0 aromatic heterocycles. The van der Waals surface area contributed by atoms with Crippen molar-refractivity contribution < 1.29 is 49.1 Å². The minimum absolute atomic E-state index is 0.0180. The van der Waals surface area contributed by atoms with Crippen LogP contribution in [0.15, 0.2) is 60.2 Å². The summed E-state index contributed by atoms with van der Waals surface area (Å²) in [6.07, 6.45) is 5.59. The van der Waals surface area contributed by atoms with Gasteiger partial charge in [0.1, 0.15) is 35.8 Å². The van der Waals surface area contributed by atoms with Gasteiger partial charge in [-0.05, 0) is 62.3 Å². The number of aromatic hydroxyl groups is 1. The number of likely N-dealkylation sites (N-methyl/N-ethyl adjacent to an activating group) is 1. The number of allylic oxidation sites excluding steroid dienone is 2. The van der Waals surface area contributed by atoms with Crippen molar-refractivity contribution in [3.05, 3.63) is 65.8 Å². The SMILES string of the molecule is CC(=O)CC[C@H]1C(=O)N[C@@H](C(C)C)C(=O)N[C@@H](Cc2cccc(O)c2)C(=O)N2CCC[C@@H](C(=O)OC(/C(C)=C/CO)C/C=C/C=C/C(O)[C@H](C)[C@H]1O)N2C. The fourth-order valence-electron chi connectivity index (χ4n) is 6.68. The number of esters is 1. The molecule has 0 spiro atoms. The molecule has 6 N–H and O–H groups in total. The average Bonchev–Trinajstić information content (AvgIpc) is 3.11. The van der Waals surface area contributed by atoms with Crippen molar-refractivity contribution in [2.45, 2.75) is 110 Å². The topological polar surface area (TPSA) is 206 Å². The summed E-state index contributed by atoms with van der Waals surface area (Å²) in [6.45, 7) is 8.08. The van der Waals surface area contributed by atoms with Crippen LogP contribution in [0.2, 0.25) is 0 Å². The summed E-state index contributed by atoms with van der Waals surface area (Å²) in [6, 6.07) is 3.07. The van der Waals surface area contributed by atoms with Crippen molar-refractivity contribution in [1.82, 2.24) is 20.7 Å². The minimum atomic E-state index is -1.40. The molecule has 8 atom stereocenters. The average molecular weight is 755 g/mol. The second-order valence-electron chi connectivity index (χ2n) is 14.7. The van der Waals surface area contributed by atoms with Crippen LogP contribution < -0.4 is 10.6 Å². The molecule has 3 amide bonds. The van der Waals surface area contributed by atoms with Crippen LogP contribution in [-0.2, 0) is 35.1 Å². The molecular weight excluding hydrogens is 696 g/mol. The van der Waals surface area contributed by atoms with Crippen molar-refractivity contribution in [2.24, 2.45) is 17.8 Å². The highest BCUT2D eigenvalue weighted by Gasteiger charge is 2.40. The van der Waals surface area contributed by atoms with E-state index in [2.05, 4.69) is 10.6 Å². The number of nitrogens with zero attached hydrogens (tertiary/aromatic N) is 2. The van der Waals surface area contributed by atoms with E-state index in [0.717, 1.165) is 0 Å². The van der Waals surface area contributed by atoms with Crippen LogP contribution in [0.25, 0.3) is 0 Å². The van der Waals surface area contributed by atoms with Crippen molar-refractivity contribution in [1.29, 1.82) is 0 Å². The molecule has 3 rings (SSSR count). The first-order valence-corrected chi connectivity index (χ1v) is 18.6. The van der Waals surface area contributed by atoms with Gasteiger partial charge in [0, 0.05) is 38.8 Å². The molecule has 1 aromatic carbocycles. The molecule has 2 unspecified atom stereocenters. The first-order chi connectivity index (χ1) is 25.5. The Morgan fingerprint density at radius 1 is 1.07 bits per heavy atom. The Bertz CT molecular complexity index is 1560. The molecule has 14 nitrogen and oxygen atoms in total. The van der Waals surface area contributed by atoms with Gasteiger partial charge in [-0.3, -0.25) is 24.2 Å². The molecule has 2 heterocycles. The number of ketones is 1. The number of aliphatic hydroxyl groups is 3. The van der Waals surface area contributed by atoms with E-state index < -0.39 is 77.9 Å². The van der Waals surface area contributed by atoms with E-state index in [9.17, 15) is 44.4 Å². The van der Waals surface area contributed by atoms with Crippen LogP contribution in [0.5, 0.6) is 5.75 Å². The summed E-state index contributed by atoms with van der Waals surface area (Å²) in [4.78, 5) is 68.0. The second-order valence-corrected chi connectivity index (χ2v) is 14.7. The molecule has 0 aliphatic carbocycles. The zero-order valence-corrected chi connectivity index (χ0v) is 32.2. The van der Waals surface area contributed by atoms with Crippen LogP contribution in [0, 0.1) is 17.8 Å². The summed E-state index contributed by atoms with van der Waals surface area (Å²) in [5.41, 5.74) is 1.16. The quantitative estimate of drug-likeness (QED) is 0.168. The van der Waals surface area contributed by atoms with Gasteiger partial charge in [-0.25, -0.2) is 5.01 Å². The van der Waals surface area contributed by atoms with Gasteiger partial charge in [-0.1, -0.05) is 63.3 Å². The molecule has 2 aliphatic heterocycles. The van der Waals surface area contributed by atoms with Crippen LogP contribution in [0.4, 0.5) is 0 Å². The van der Waals surface area contributed by atoms with E-state index in [1.165, 1.54) is 41.2 Å². The number of hydrogen-bond acceptors (Lipinski definition) is 11. The highest BCUT2D eigenvalue weighted by Crippen LogP contribution is 2.25. The Morgan fingerprint density at radius 2 is 1.80 bits per heavy atom. The molecule has 298 valence electrons. The number of Topliss-reactive ketones (excluding diaryl/α,β-unsaturated/α-hetero) is 1. The fraction of sp³-hybridized carbons (Fsp3) is 0.575. The lowest BCUT2D eigenvalue weighted by molar-refractivity contribution is -0.174. The van der Waals surface area contributed by atoms with Gasteiger partial charge in [-0.2, -0.15) is 0 Å². The maximum atomic E-state index is 14.4. The number of hydrazine groups is 1. The summed E-state index contributed by atoms with van der Waals surface area (Å²) >= 11 is 0. The Labute approximate surface area is 317 Å². The number of hydrogen-bond donors (Lipinski definition) is 6. The van der Waals surface area contributed by atoms with Gasteiger partial charge in [0.2, 0.25) is 11.8 Å². The molecule has 1 aromatic rings. The number of ether oxygens (including phenoxy) is 1. The van der Waals surface area contributed by atoms with Gasteiger partial charge in [-0.15, -0.1) is 0 Å². The van der Waals surface area contributed by atoms with E-state index >= 15 is 0 Å². The number of phenolic OH excluding ortho intramolecular Hbond substituents is 1. The molecule has 1 fully saturated rings. The number of phenols is 1. The molecule has 0 saturated carbocycles. The van der Waals surface area contributed by atoms with Gasteiger partial charge in [0.05, 0.1) is 24.7 Å². The van der Waals surface area contributed by atoms with E-state index in [1.807, 2.05) is 0 Å². The van der Waals surface area contributed by atoms with Crippen LogP contribution in [0.3, 0.4) is 0 Å². The fourth-order valence-corrected chi connectivity index (χ4v) is 6.68. The monoisotopic (exact) mass is 754 g/mol. The van der Waals surface area contributed by atoms with Crippen LogP contribution in [-0.4, -0.2) is 117 Å². The van der Waals surface area contributed by atoms with E-state index in [1.54, 1.807) is 65.1 Å². The summed E-state index contributed by atoms with van der Waals surface area (Å²) in [5.74, 6) is -5.19. The number of benzene rings is 1. The first-order valence-electron chi connectivity index (χ1n) is 18.6. The predicted octanol–water partition coefficient (Wildman–Crippen LogP) is 2.11. The lowest BCUT2D eigenvalue weighted by atomic mass is 9.84. The summed E-state index contributed by atoms with van der Waals surface area (Å²) in [5, 5.41) is 50.6. The Morgan fingerprint density at radius 3 is 2.44 bits per heavy atom. The molecule has 54 heavy (non-hydrogen) atoms. The van der Waals surface area contributed by atoms with E-state index in [4.69, 9.17) is 4.74 Å². The van der Waals surface area contributed by atoms with Crippen LogP contribution >= 0.6 is 0 Å². The number of carbonyl (C=O) groups excluding carboxylic acids is 5.